The Morgan fingerprint density at radius 1 is 0.971 bits per heavy atom. The van der Waals surface area contributed by atoms with Gasteiger partial charge in [0.2, 0.25) is 0 Å². The fourth-order valence-electron chi connectivity index (χ4n) is 5.51. The Balaban J connectivity index is 1.10. The second kappa shape index (κ2) is 10.3. The van der Waals surface area contributed by atoms with E-state index >= 15 is 0 Å². The molecule has 5 rings (SSSR count). The van der Waals surface area contributed by atoms with Crippen LogP contribution in [-0.2, 0) is 5.60 Å². The molecule has 1 saturated carbocycles. The number of aromatic nitrogens is 1. The van der Waals surface area contributed by atoms with E-state index in [1.807, 2.05) is 30.3 Å². The van der Waals surface area contributed by atoms with Gasteiger partial charge in [0.25, 0.3) is 5.91 Å². The van der Waals surface area contributed by atoms with Crippen LogP contribution in [0.25, 0.3) is 11.3 Å². The van der Waals surface area contributed by atoms with Crippen LogP contribution >= 0.6 is 0 Å². The molecule has 1 aliphatic carbocycles. The Bertz CT molecular complexity index is 1140. The third-order valence-electron chi connectivity index (χ3n) is 7.62. The van der Waals surface area contributed by atoms with Gasteiger partial charge in [-0.05, 0) is 68.4 Å². The van der Waals surface area contributed by atoms with Crippen LogP contribution in [0, 0.1) is 5.82 Å². The fourth-order valence-corrected chi connectivity index (χ4v) is 5.51. The number of amides is 1. The Labute approximate surface area is 206 Å². The molecule has 1 saturated heterocycles. The molecule has 2 fully saturated rings. The summed E-state index contributed by atoms with van der Waals surface area (Å²) >= 11 is 0. The maximum atomic E-state index is 13.5. The predicted molar refractivity (Wildman–Crippen MR) is 134 cm³/mol. The minimum Gasteiger partial charge on any atom is -0.385 e. The normalized spacial score (nSPS) is 23.7. The number of carbonyl (C=O) groups is 1. The Hall–Kier alpha value is -3.09. The lowest BCUT2D eigenvalue weighted by molar-refractivity contribution is -0.0285. The van der Waals surface area contributed by atoms with Gasteiger partial charge in [-0.25, -0.2) is 4.39 Å². The first kappa shape index (κ1) is 23.6. The highest BCUT2D eigenvalue weighted by Gasteiger charge is 2.37. The molecule has 0 radical (unpaired) electrons. The summed E-state index contributed by atoms with van der Waals surface area (Å²) in [5, 5.41) is 14.3. The van der Waals surface area contributed by atoms with Crippen molar-refractivity contribution in [3.05, 3.63) is 89.9 Å². The van der Waals surface area contributed by atoms with Crippen molar-refractivity contribution in [2.75, 3.05) is 13.1 Å². The monoisotopic (exact) mass is 473 g/mol. The summed E-state index contributed by atoms with van der Waals surface area (Å²) in [5.74, 6) is -0.426. The zero-order chi connectivity index (χ0) is 24.3. The summed E-state index contributed by atoms with van der Waals surface area (Å²) in [6, 6.07) is 20.4. The van der Waals surface area contributed by atoms with Crippen LogP contribution in [0.3, 0.4) is 0 Å². The molecule has 0 atom stereocenters. The average molecular weight is 474 g/mol. The standard InChI is InChI=1S/C29H32FN3O2/c30-24-8-4-5-21(19-24)27-10-9-22(20-31-27)28(34)32-25-13-17-33(18-14-25)26-11-15-29(35,16-12-26)23-6-2-1-3-7-23/h1-10,19-20,25-26,35H,11-18H2,(H,32,34). The van der Waals surface area contributed by atoms with Crippen molar-refractivity contribution >= 4 is 5.91 Å². The van der Waals surface area contributed by atoms with Gasteiger partial charge in [0, 0.05) is 36.9 Å². The van der Waals surface area contributed by atoms with Crippen LogP contribution in [0.2, 0.25) is 0 Å². The van der Waals surface area contributed by atoms with Crippen LogP contribution in [0.5, 0.6) is 0 Å². The summed E-state index contributed by atoms with van der Waals surface area (Å²) in [7, 11) is 0. The second-order valence-electron chi connectivity index (χ2n) is 9.85. The van der Waals surface area contributed by atoms with E-state index < -0.39 is 5.60 Å². The van der Waals surface area contributed by atoms with E-state index in [0.717, 1.165) is 57.2 Å². The fraction of sp³-hybridized carbons (Fsp3) is 0.379. The van der Waals surface area contributed by atoms with Gasteiger partial charge in [-0.3, -0.25) is 9.78 Å². The van der Waals surface area contributed by atoms with Crippen LogP contribution < -0.4 is 5.32 Å². The number of hydrogen-bond acceptors (Lipinski definition) is 4. The highest BCUT2D eigenvalue weighted by atomic mass is 19.1. The van der Waals surface area contributed by atoms with E-state index in [0.29, 0.717) is 22.9 Å². The second-order valence-corrected chi connectivity index (χ2v) is 9.85. The molecule has 2 N–H and O–H groups in total. The summed E-state index contributed by atoms with van der Waals surface area (Å²) < 4.78 is 13.5. The first-order valence-electron chi connectivity index (χ1n) is 12.5. The number of carbonyl (C=O) groups excluding carboxylic acids is 1. The van der Waals surface area contributed by atoms with Crippen molar-refractivity contribution in [1.82, 2.24) is 15.2 Å². The maximum Gasteiger partial charge on any atom is 0.253 e. The van der Waals surface area contributed by atoms with Crippen LogP contribution in [0.4, 0.5) is 4.39 Å². The molecule has 2 heterocycles. The SMILES string of the molecule is O=C(NC1CCN(C2CCC(O)(c3ccccc3)CC2)CC1)c1ccc(-c2cccc(F)c2)nc1. The van der Waals surface area contributed by atoms with Crippen LogP contribution in [0.1, 0.15) is 54.4 Å². The molecule has 6 heteroatoms. The van der Waals surface area contributed by atoms with Gasteiger partial charge < -0.3 is 15.3 Å². The molecule has 1 amide bonds. The lowest BCUT2D eigenvalue weighted by atomic mass is 9.77. The Kier molecular flexibility index (Phi) is 6.93. The largest absolute Gasteiger partial charge is 0.385 e. The predicted octanol–water partition coefficient (Wildman–Crippen LogP) is 4.91. The molecule has 0 unspecified atom stereocenters. The maximum absolute atomic E-state index is 13.5. The van der Waals surface area contributed by atoms with Gasteiger partial charge in [-0.15, -0.1) is 0 Å². The summed E-state index contributed by atoms with van der Waals surface area (Å²) in [6.45, 7) is 1.91. The molecule has 2 aliphatic rings. The molecular formula is C29H32FN3O2. The van der Waals surface area contributed by atoms with Gasteiger partial charge in [0.15, 0.2) is 0 Å². The molecule has 0 spiro atoms. The van der Waals surface area contributed by atoms with E-state index in [1.54, 1.807) is 30.5 Å². The Morgan fingerprint density at radius 3 is 2.37 bits per heavy atom. The number of likely N-dealkylation sites (tertiary alicyclic amines) is 1. The van der Waals surface area contributed by atoms with Crippen molar-refractivity contribution < 1.29 is 14.3 Å². The number of aliphatic hydroxyl groups is 1. The minimum atomic E-state index is -0.706. The molecular weight excluding hydrogens is 441 g/mol. The smallest absolute Gasteiger partial charge is 0.253 e. The van der Waals surface area contributed by atoms with Crippen LogP contribution in [-0.4, -0.2) is 46.1 Å². The number of pyridine rings is 1. The molecule has 182 valence electrons. The molecule has 2 aromatic carbocycles. The zero-order valence-electron chi connectivity index (χ0n) is 19.9. The molecule has 3 aromatic rings. The summed E-state index contributed by atoms with van der Waals surface area (Å²) in [4.78, 5) is 19.6. The van der Waals surface area contributed by atoms with Crippen molar-refractivity contribution in [2.24, 2.45) is 0 Å². The highest BCUT2D eigenvalue weighted by Crippen LogP contribution is 2.39. The number of halogens is 1. The van der Waals surface area contributed by atoms with Gasteiger partial charge >= 0.3 is 0 Å². The summed E-state index contributed by atoms with van der Waals surface area (Å²) in [6.07, 6.45) is 6.95. The minimum absolute atomic E-state index is 0.118. The van der Waals surface area contributed by atoms with E-state index in [9.17, 15) is 14.3 Å². The van der Waals surface area contributed by atoms with Gasteiger partial charge in [0.05, 0.1) is 16.9 Å². The number of rotatable bonds is 5. The number of benzene rings is 2. The molecule has 1 aliphatic heterocycles. The first-order chi connectivity index (χ1) is 17.0. The van der Waals surface area contributed by atoms with Crippen molar-refractivity contribution in [3.63, 3.8) is 0 Å². The van der Waals surface area contributed by atoms with E-state index in [-0.39, 0.29) is 17.8 Å². The molecule has 1 aromatic heterocycles. The zero-order valence-corrected chi connectivity index (χ0v) is 19.9. The quantitative estimate of drug-likeness (QED) is 0.553. The lowest BCUT2D eigenvalue weighted by Gasteiger charge is -2.43. The first-order valence-corrected chi connectivity index (χ1v) is 12.5. The van der Waals surface area contributed by atoms with Crippen molar-refractivity contribution in [1.29, 1.82) is 0 Å². The lowest BCUT2D eigenvalue weighted by Crippen LogP contribution is -2.50. The van der Waals surface area contributed by atoms with E-state index in [4.69, 9.17) is 0 Å². The number of hydrogen-bond donors (Lipinski definition) is 2. The topological polar surface area (TPSA) is 65.5 Å². The van der Waals surface area contributed by atoms with E-state index in [2.05, 4.69) is 15.2 Å². The van der Waals surface area contributed by atoms with Crippen LogP contribution in [0.15, 0.2) is 72.9 Å². The molecule has 5 nitrogen and oxygen atoms in total. The number of nitrogens with zero attached hydrogens (tertiary/aromatic N) is 2. The Morgan fingerprint density at radius 2 is 1.71 bits per heavy atom. The molecule has 0 bridgehead atoms. The third kappa shape index (κ3) is 5.44. The number of piperidine rings is 1. The number of nitrogens with one attached hydrogen (secondary N) is 1. The van der Waals surface area contributed by atoms with Gasteiger partial charge in [0.1, 0.15) is 5.82 Å². The van der Waals surface area contributed by atoms with Crippen molar-refractivity contribution in [2.45, 2.75) is 56.2 Å². The van der Waals surface area contributed by atoms with E-state index in [1.165, 1.54) is 12.1 Å². The van der Waals surface area contributed by atoms with Crippen molar-refractivity contribution in [3.8, 4) is 11.3 Å². The summed E-state index contributed by atoms with van der Waals surface area (Å²) in [5.41, 5.74) is 2.16. The third-order valence-corrected chi connectivity index (χ3v) is 7.62. The van der Waals surface area contributed by atoms with Gasteiger partial charge in [-0.2, -0.15) is 0 Å². The molecule has 35 heavy (non-hydrogen) atoms. The van der Waals surface area contributed by atoms with Gasteiger partial charge in [-0.1, -0.05) is 42.5 Å². The average Bonchev–Trinajstić information content (AvgIpc) is 2.90. The highest BCUT2D eigenvalue weighted by molar-refractivity contribution is 5.94.